The summed E-state index contributed by atoms with van der Waals surface area (Å²) in [5, 5.41) is 7.73. The summed E-state index contributed by atoms with van der Waals surface area (Å²) < 4.78 is 0. The number of hydrogen-bond donors (Lipinski definition) is 2. The maximum atomic E-state index is 12.2. The van der Waals surface area contributed by atoms with E-state index in [4.69, 9.17) is 4.84 Å². The summed E-state index contributed by atoms with van der Waals surface area (Å²) in [4.78, 5) is 29.7. The summed E-state index contributed by atoms with van der Waals surface area (Å²) in [6.45, 7) is 19.1. The predicted octanol–water partition coefficient (Wildman–Crippen LogP) is 4.54. The van der Waals surface area contributed by atoms with E-state index in [1.807, 2.05) is 34.7 Å². The van der Waals surface area contributed by atoms with Crippen LogP contribution in [0.5, 0.6) is 0 Å². The van der Waals surface area contributed by atoms with Crippen molar-refractivity contribution in [1.29, 1.82) is 0 Å². The van der Waals surface area contributed by atoms with Crippen molar-refractivity contribution in [2.45, 2.75) is 93.9 Å². The van der Waals surface area contributed by atoms with E-state index >= 15 is 0 Å². The summed E-state index contributed by atoms with van der Waals surface area (Å²) in [6, 6.07) is 0. The van der Waals surface area contributed by atoms with Gasteiger partial charge in [-0.15, -0.1) is 0 Å². The van der Waals surface area contributed by atoms with E-state index in [9.17, 15) is 9.59 Å². The van der Waals surface area contributed by atoms with E-state index in [0.717, 1.165) is 38.8 Å². The monoisotopic (exact) mass is 415 g/mol. The molecule has 6 heteroatoms. The minimum absolute atomic E-state index is 0.0835. The number of carbonyl (C=O) groups excluding carboxylic acids is 2. The lowest BCUT2D eigenvalue weighted by atomic mass is 9.88. The molecule has 2 amide bonds. The lowest BCUT2D eigenvalue weighted by Gasteiger charge is -2.25. The van der Waals surface area contributed by atoms with Gasteiger partial charge in [0.1, 0.15) is 0 Å². The molecule has 0 aliphatic heterocycles. The van der Waals surface area contributed by atoms with Crippen LogP contribution in [0.4, 0.5) is 0 Å². The van der Waals surface area contributed by atoms with Gasteiger partial charge < -0.3 is 10.6 Å². The van der Waals surface area contributed by atoms with E-state index in [2.05, 4.69) is 38.3 Å². The summed E-state index contributed by atoms with van der Waals surface area (Å²) in [5.74, 6) is 0.199. The molecule has 0 saturated heterocycles. The highest BCUT2D eigenvalue weighted by Gasteiger charge is 2.27. The van der Waals surface area contributed by atoms with Crippen molar-refractivity contribution in [3.8, 4) is 0 Å². The van der Waals surface area contributed by atoms with E-state index in [-0.39, 0.29) is 17.2 Å². The Balaban J connectivity index is 0. The fourth-order valence-corrected chi connectivity index (χ4v) is 2.36. The molecule has 0 bridgehead atoms. The lowest BCUT2D eigenvalue weighted by Crippen LogP contribution is -2.38. The van der Waals surface area contributed by atoms with E-state index < -0.39 is 5.41 Å². The van der Waals surface area contributed by atoms with Crippen LogP contribution in [-0.2, 0) is 14.4 Å². The fourth-order valence-electron chi connectivity index (χ4n) is 2.36. The molecule has 174 valence electrons. The van der Waals surface area contributed by atoms with Crippen molar-refractivity contribution in [3.63, 3.8) is 0 Å². The molecular weight excluding hydrogens is 366 g/mol. The number of hydroxylamine groups is 2. The highest BCUT2D eigenvalue weighted by Crippen LogP contribution is 2.21. The Morgan fingerprint density at radius 3 is 2.07 bits per heavy atom. The third-order valence-corrected chi connectivity index (χ3v) is 4.54. The molecule has 0 unspecified atom stereocenters. The topological polar surface area (TPSA) is 70.7 Å². The summed E-state index contributed by atoms with van der Waals surface area (Å²) in [5.41, 5.74) is -0.248. The molecule has 0 aromatic rings. The molecule has 0 aromatic carbocycles. The molecule has 0 spiro atoms. The standard InChI is InChI=1S/C21H43N3O3.C2H6/c1-8-9-14-23-19(26)21(5,6)13-17-27-24(7)16-10-15-22-18(25)11-12-20(2,3)4;1-2/h8-17H2,1-7H3,(H,22,25)(H,23,26);1-2H3. The maximum Gasteiger partial charge on any atom is 0.225 e. The Labute approximate surface area is 180 Å². The van der Waals surface area contributed by atoms with Gasteiger partial charge in [-0.3, -0.25) is 14.4 Å². The summed E-state index contributed by atoms with van der Waals surface area (Å²) in [7, 11) is 1.88. The van der Waals surface area contributed by atoms with Crippen LogP contribution < -0.4 is 10.6 Å². The molecule has 0 heterocycles. The minimum Gasteiger partial charge on any atom is -0.356 e. The fraction of sp³-hybridized carbons (Fsp3) is 0.913. The SMILES string of the molecule is CC.CCCCNC(=O)C(C)(C)CCON(C)CCCNC(=O)CCC(C)(C)C. The predicted molar refractivity (Wildman–Crippen MR) is 123 cm³/mol. The number of hydrogen-bond acceptors (Lipinski definition) is 4. The second kappa shape index (κ2) is 16.6. The number of nitrogens with one attached hydrogen (secondary N) is 2. The second-order valence-corrected chi connectivity index (χ2v) is 9.19. The first-order valence-electron chi connectivity index (χ1n) is 11.4. The Morgan fingerprint density at radius 2 is 1.52 bits per heavy atom. The van der Waals surface area contributed by atoms with Crippen molar-refractivity contribution in [1.82, 2.24) is 15.7 Å². The summed E-state index contributed by atoms with van der Waals surface area (Å²) in [6.07, 6.45) is 5.05. The summed E-state index contributed by atoms with van der Waals surface area (Å²) >= 11 is 0. The third-order valence-electron chi connectivity index (χ3n) is 4.54. The van der Waals surface area contributed by atoms with Crippen molar-refractivity contribution >= 4 is 11.8 Å². The third kappa shape index (κ3) is 18.6. The van der Waals surface area contributed by atoms with Crippen LogP contribution in [0, 0.1) is 10.8 Å². The average molecular weight is 416 g/mol. The highest BCUT2D eigenvalue weighted by atomic mass is 16.7. The number of carbonyl (C=O) groups is 2. The molecule has 0 aliphatic carbocycles. The normalized spacial score (nSPS) is 11.7. The molecule has 0 radical (unpaired) electrons. The first-order valence-corrected chi connectivity index (χ1v) is 11.4. The van der Waals surface area contributed by atoms with Gasteiger partial charge in [0.05, 0.1) is 6.61 Å². The van der Waals surface area contributed by atoms with Gasteiger partial charge >= 0.3 is 0 Å². The minimum atomic E-state index is -0.435. The van der Waals surface area contributed by atoms with Gasteiger partial charge in [-0.2, -0.15) is 5.06 Å². The van der Waals surface area contributed by atoms with Crippen LogP contribution >= 0.6 is 0 Å². The van der Waals surface area contributed by atoms with Gasteiger partial charge in [-0.1, -0.05) is 61.8 Å². The molecule has 0 atom stereocenters. The van der Waals surface area contributed by atoms with Crippen LogP contribution in [0.3, 0.4) is 0 Å². The molecular formula is C23H49N3O3. The Kier molecular flexibility index (Phi) is 17.2. The van der Waals surface area contributed by atoms with E-state index in [1.54, 1.807) is 5.06 Å². The highest BCUT2D eigenvalue weighted by molar-refractivity contribution is 5.81. The molecule has 0 aromatic heterocycles. The zero-order valence-electron chi connectivity index (χ0n) is 20.7. The quantitative estimate of drug-likeness (QED) is 0.323. The van der Waals surface area contributed by atoms with Gasteiger partial charge in [0.25, 0.3) is 0 Å². The molecule has 0 aliphatic rings. The van der Waals surface area contributed by atoms with Crippen molar-refractivity contribution < 1.29 is 14.4 Å². The molecule has 2 N–H and O–H groups in total. The Hall–Kier alpha value is -1.14. The molecule has 0 saturated carbocycles. The van der Waals surface area contributed by atoms with Crippen molar-refractivity contribution in [3.05, 3.63) is 0 Å². The Morgan fingerprint density at radius 1 is 0.931 bits per heavy atom. The van der Waals surface area contributed by atoms with Crippen LogP contribution in [0.25, 0.3) is 0 Å². The zero-order chi connectivity index (χ0) is 22.9. The first-order chi connectivity index (χ1) is 13.5. The second-order valence-electron chi connectivity index (χ2n) is 9.19. The zero-order valence-corrected chi connectivity index (χ0v) is 20.7. The van der Waals surface area contributed by atoms with E-state index in [0.29, 0.717) is 26.0 Å². The van der Waals surface area contributed by atoms with Crippen molar-refractivity contribution in [2.24, 2.45) is 10.8 Å². The van der Waals surface area contributed by atoms with Gasteiger partial charge in [-0.25, -0.2) is 0 Å². The number of unbranched alkanes of at least 4 members (excludes halogenated alkanes) is 1. The smallest absolute Gasteiger partial charge is 0.225 e. The average Bonchev–Trinajstić information content (AvgIpc) is 2.64. The van der Waals surface area contributed by atoms with Crippen LogP contribution in [0.2, 0.25) is 0 Å². The lowest BCUT2D eigenvalue weighted by molar-refractivity contribution is -0.151. The van der Waals surface area contributed by atoms with Crippen LogP contribution in [0.1, 0.15) is 93.9 Å². The Bertz CT molecular complexity index is 432. The molecule has 0 fully saturated rings. The van der Waals surface area contributed by atoms with Gasteiger partial charge in [0, 0.05) is 38.5 Å². The van der Waals surface area contributed by atoms with Crippen molar-refractivity contribution in [2.75, 3.05) is 33.3 Å². The van der Waals surface area contributed by atoms with Gasteiger partial charge in [-0.05, 0) is 31.1 Å². The van der Waals surface area contributed by atoms with Gasteiger partial charge in [0.15, 0.2) is 0 Å². The maximum absolute atomic E-state index is 12.2. The first kappa shape index (κ1) is 30.1. The molecule has 29 heavy (non-hydrogen) atoms. The largest absolute Gasteiger partial charge is 0.356 e. The van der Waals surface area contributed by atoms with Crippen LogP contribution in [-0.4, -0.2) is 50.2 Å². The molecule has 6 nitrogen and oxygen atoms in total. The number of amides is 2. The number of rotatable bonds is 14. The van der Waals surface area contributed by atoms with Gasteiger partial charge in [0.2, 0.25) is 11.8 Å². The van der Waals surface area contributed by atoms with Crippen LogP contribution in [0.15, 0.2) is 0 Å². The van der Waals surface area contributed by atoms with E-state index in [1.165, 1.54) is 0 Å². The number of nitrogens with zero attached hydrogens (tertiary/aromatic N) is 1. The molecule has 0 rings (SSSR count).